The minimum absolute atomic E-state index is 0.0831. The molecule has 114 valence electrons. The molecule has 4 nitrogen and oxygen atoms in total. The topological polar surface area (TPSA) is 49.4 Å². The van der Waals surface area contributed by atoms with Crippen LogP contribution in [0.25, 0.3) is 0 Å². The van der Waals surface area contributed by atoms with Gasteiger partial charge in [0, 0.05) is 14.0 Å². The zero-order chi connectivity index (χ0) is 16.1. The lowest BCUT2D eigenvalue weighted by atomic mass is 10.1. The third-order valence-electron chi connectivity index (χ3n) is 3.50. The molecule has 0 aromatic heterocycles. The van der Waals surface area contributed by atoms with Crippen LogP contribution in [0.4, 0.5) is 11.4 Å². The molecule has 2 rings (SSSR count). The maximum absolute atomic E-state index is 12.2. The molecule has 0 saturated heterocycles. The lowest BCUT2D eigenvalue weighted by Gasteiger charge is -2.19. The van der Waals surface area contributed by atoms with E-state index in [0.29, 0.717) is 17.8 Å². The van der Waals surface area contributed by atoms with Crippen LogP contribution in [0.5, 0.6) is 0 Å². The average Bonchev–Trinajstić information content (AvgIpc) is 2.49. The number of amides is 2. The Balaban J connectivity index is 2.11. The van der Waals surface area contributed by atoms with E-state index in [1.165, 1.54) is 11.8 Å². The van der Waals surface area contributed by atoms with Crippen LogP contribution in [0.1, 0.15) is 18.1 Å². The Bertz CT molecular complexity index is 678. The van der Waals surface area contributed by atoms with Crippen molar-refractivity contribution in [3.63, 3.8) is 0 Å². The van der Waals surface area contributed by atoms with E-state index in [4.69, 9.17) is 0 Å². The molecule has 0 radical (unpaired) electrons. The normalized spacial score (nSPS) is 10.1. The number of hydrogen-bond acceptors (Lipinski definition) is 2. The van der Waals surface area contributed by atoms with E-state index in [9.17, 15) is 9.59 Å². The number of carbonyl (C=O) groups is 2. The van der Waals surface area contributed by atoms with Crippen molar-refractivity contribution in [2.24, 2.45) is 0 Å². The summed E-state index contributed by atoms with van der Waals surface area (Å²) in [5.41, 5.74) is 3.45. The molecule has 0 aliphatic carbocycles. The molecule has 0 fully saturated rings. The van der Waals surface area contributed by atoms with Gasteiger partial charge in [-0.15, -0.1) is 0 Å². The van der Waals surface area contributed by atoms with Crippen LogP contribution < -0.4 is 10.2 Å². The number of nitrogens with zero attached hydrogens (tertiary/aromatic N) is 1. The molecule has 0 spiro atoms. The lowest BCUT2D eigenvalue weighted by Crippen LogP contribution is -2.25. The average molecular weight is 296 g/mol. The van der Waals surface area contributed by atoms with Crippen molar-refractivity contribution in [2.45, 2.75) is 20.3 Å². The van der Waals surface area contributed by atoms with Crippen molar-refractivity contribution >= 4 is 23.2 Å². The van der Waals surface area contributed by atoms with E-state index in [2.05, 4.69) is 5.32 Å². The molecular formula is C18H20N2O2. The number of aryl methyl sites for hydroxylation is 1. The molecule has 4 heteroatoms. The van der Waals surface area contributed by atoms with Crippen molar-refractivity contribution in [2.75, 3.05) is 17.3 Å². The van der Waals surface area contributed by atoms with E-state index in [1.807, 2.05) is 49.4 Å². The Labute approximate surface area is 130 Å². The maximum Gasteiger partial charge on any atom is 0.228 e. The van der Waals surface area contributed by atoms with Crippen LogP contribution in [-0.2, 0) is 16.0 Å². The van der Waals surface area contributed by atoms with Gasteiger partial charge in [0.25, 0.3) is 0 Å². The fourth-order valence-electron chi connectivity index (χ4n) is 2.13. The Kier molecular flexibility index (Phi) is 4.94. The first-order valence-electron chi connectivity index (χ1n) is 7.16. The van der Waals surface area contributed by atoms with Crippen molar-refractivity contribution in [3.05, 3.63) is 59.7 Å². The number of para-hydroxylation sites is 2. The van der Waals surface area contributed by atoms with Gasteiger partial charge in [-0.05, 0) is 24.6 Å². The lowest BCUT2D eigenvalue weighted by molar-refractivity contribution is -0.117. The van der Waals surface area contributed by atoms with E-state index >= 15 is 0 Å². The smallest absolute Gasteiger partial charge is 0.228 e. The van der Waals surface area contributed by atoms with Gasteiger partial charge in [0.1, 0.15) is 0 Å². The molecule has 2 aromatic carbocycles. The molecule has 1 N–H and O–H groups in total. The quantitative estimate of drug-likeness (QED) is 0.942. The standard InChI is InChI=1S/C18H20N2O2/c1-13-8-10-15(11-9-13)12-18(22)19-16-6-4-5-7-17(16)20(3)14(2)21/h4-11H,12H2,1-3H3,(H,19,22). The third kappa shape index (κ3) is 3.95. The summed E-state index contributed by atoms with van der Waals surface area (Å²) < 4.78 is 0. The summed E-state index contributed by atoms with van der Waals surface area (Å²) in [6.45, 7) is 3.50. The highest BCUT2D eigenvalue weighted by Crippen LogP contribution is 2.24. The minimum atomic E-state index is -0.103. The fourth-order valence-corrected chi connectivity index (χ4v) is 2.13. The summed E-state index contributed by atoms with van der Waals surface area (Å²) in [4.78, 5) is 25.2. The first kappa shape index (κ1) is 15.8. The van der Waals surface area contributed by atoms with Gasteiger partial charge < -0.3 is 10.2 Å². The number of rotatable bonds is 4. The van der Waals surface area contributed by atoms with Crippen molar-refractivity contribution < 1.29 is 9.59 Å². The Morgan fingerprint density at radius 2 is 1.68 bits per heavy atom. The number of nitrogens with one attached hydrogen (secondary N) is 1. The van der Waals surface area contributed by atoms with Gasteiger partial charge in [-0.1, -0.05) is 42.0 Å². The highest BCUT2D eigenvalue weighted by molar-refractivity contribution is 6.00. The van der Waals surface area contributed by atoms with E-state index in [-0.39, 0.29) is 11.8 Å². The van der Waals surface area contributed by atoms with Gasteiger partial charge in [-0.2, -0.15) is 0 Å². The molecule has 0 unspecified atom stereocenters. The fraction of sp³-hybridized carbons (Fsp3) is 0.222. The van der Waals surface area contributed by atoms with Crippen LogP contribution >= 0.6 is 0 Å². The highest BCUT2D eigenvalue weighted by atomic mass is 16.2. The summed E-state index contributed by atoms with van der Waals surface area (Å²) in [6.07, 6.45) is 0.304. The second kappa shape index (κ2) is 6.89. The van der Waals surface area contributed by atoms with Crippen LogP contribution in [0, 0.1) is 6.92 Å². The van der Waals surface area contributed by atoms with Gasteiger partial charge in [-0.3, -0.25) is 9.59 Å². The van der Waals surface area contributed by atoms with Gasteiger partial charge in [0.05, 0.1) is 17.8 Å². The number of hydrogen-bond donors (Lipinski definition) is 1. The minimum Gasteiger partial charge on any atom is -0.324 e. The molecule has 0 bridgehead atoms. The number of anilines is 2. The first-order chi connectivity index (χ1) is 10.5. The number of carbonyl (C=O) groups excluding carboxylic acids is 2. The molecule has 2 amide bonds. The highest BCUT2D eigenvalue weighted by Gasteiger charge is 2.12. The largest absolute Gasteiger partial charge is 0.324 e. The number of benzene rings is 2. The summed E-state index contributed by atoms with van der Waals surface area (Å²) in [6, 6.07) is 15.1. The van der Waals surface area contributed by atoms with Gasteiger partial charge in [-0.25, -0.2) is 0 Å². The predicted octanol–water partition coefficient (Wildman–Crippen LogP) is 3.16. The Hall–Kier alpha value is -2.62. The summed E-state index contributed by atoms with van der Waals surface area (Å²) in [5.74, 6) is -0.187. The van der Waals surface area contributed by atoms with Gasteiger partial charge in [0.15, 0.2) is 0 Å². The third-order valence-corrected chi connectivity index (χ3v) is 3.50. The monoisotopic (exact) mass is 296 g/mol. The summed E-state index contributed by atoms with van der Waals surface area (Å²) in [7, 11) is 1.69. The molecule has 2 aromatic rings. The zero-order valence-electron chi connectivity index (χ0n) is 13.1. The molecular weight excluding hydrogens is 276 g/mol. The molecule has 22 heavy (non-hydrogen) atoms. The molecule has 0 heterocycles. The van der Waals surface area contributed by atoms with Crippen molar-refractivity contribution in [3.8, 4) is 0 Å². The molecule has 0 atom stereocenters. The first-order valence-corrected chi connectivity index (χ1v) is 7.16. The summed E-state index contributed by atoms with van der Waals surface area (Å²) >= 11 is 0. The van der Waals surface area contributed by atoms with Crippen LogP contribution in [-0.4, -0.2) is 18.9 Å². The van der Waals surface area contributed by atoms with Crippen molar-refractivity contribution in [1.82, 2.24) is 0 Å². The summed E-state index contributed by atoms with van der Waals surface area (Å²) in [5, 5.41) is 2.88. The van der Waals surface area contributed by atoms with Gasteiger partial charge in [0.2, 0.25) is 11.8 Å². The molecule has 0 saturated carbocycles. The zero-order valence-corrected chi connectivity index (χ0v) is 13.1. The Morgan fingerprint density at radius 1 is 1.05 bits per heavy atom. The van der Waals surface area contributed by atoms with E-state index < -0.39 is 0 Å². The van der Waals surface area contributed by atoms with Crippen molar-refractivity contribution in [1.29, 1.82) is 0 Å². The van der Waals surface area contributed by atoms with Crippen LogP contribution in [0.2, 0.25) is 0 Å². The predicted molar refractivity (Wildman–Crippen MR) is 89.0 cm³/mol. The maximum atomic E-state index is 12.2. The second-order valence-corrected chi connectivity index (χ2v) is 5.31. The molecule has 0 aliphatic heterocycles. The van der Waals surface area contributed by atoms with E-state index in [1.54, 1.807) is 13.1 Å². The van der Waals surface area contributed by atoms with E-state index in [0.717, 1.165) is 11.1 Å². The van der Waals surface area contributed by atoms with Crippen LogP contribution in [0.15, 0.2) is 48.5 Å². The molecule has 0 aliphatic rings. The van der Waals surface area contributed by atoms with Gasteiger partial charge >= 0.3 is 0 Å². The Morgan fingerprint density at radius 3 is 2.32 bits per heavy atom. The second-order valence-electron chi connectivity index (χ2n) is 5.31. The SMILES string of the molecule is CC(=O)N(C)c1ccccc1NC(=O)Cc1ccc(C)cc1. The van der Waals surface area contributed by atoms with Crippen LogP contribution in [0.3, 0.4) is 0 Å².